The van der Waals surface area contributed by atoms with Gasteiger partial charge in [-0.2, -0.15) is 9.97 Å². The van der Waals surface area contributed by atoms with Crippen LogP contribution >= 0.6 is 11.3 Å². The highest BCUT2D eigenvalue weighted by Gasteiger charge is 2.24. The van der Waals surface area contributed by atoms with E-state index < -0.39 is 27.3 Å². The van der Waals surface area contributed by atoms with Gasteiger partial charge in [-0.05, 0) is 18.2 Å². The molecule has 0 saturated heterocycles. The van der Waals surface area contributed by atoms with E-state index in [0.717, 1.165) is 29.5 Å². The molecule has 0 amide bonds. The lowest BCUT2D eigenvalue weighted by atomic mass is 10.3. The summed E-state index contributed by atoms with van der Waals surface area (Å²) in [6.45, 7) is 0. The Balaban J connectivity index is 2.09. The summed E-state index contributed by atoms with van der Waals surface area (Å²) >= 11 is 0.805. The quantitative estimate of drug-likeness (QED) is 0.724. The molecule has 1 aromatic carbocycles. The summed E-state index contributed by atoms with van der Waals surface area (Å²) in [5, 5.41) is 0. The van der Waals surface area contributed by atoms with Crippen LogP contribution in [0.1, 0.15) is 0 Å². The van der Waals surface area contributed by atoms with Gasteiger partial charge >= 0.3 is 6.01 Å². The third-order valence-electron chi connectivity index (χ3n) is 3.14. The lowest BCUT2D eigenvalue weighted by Crippen LogP contribution is -2.13. The number of ether oxygens (including phenoxy) is 2. The molecule has 11 heteroatoms. The third kappa shape index (κ3) is 3.20. The van der Waals surface area contributed by atoms with Gasteiger partial charge in [0.25, 0.3) is 10.0 Å². The summed E-state index contributed by atoms with van der Waals surface area (Å²) in [6.07, 6.45) is 0. The van der Waals surface area contributed by atoms with Gasteiger partial charge in [0.1, 0.15) is 26.2 Å². The van der Waals surface area contributed by atoms with Crippen LogP contribution in [-0.2, 0) is 10.0 Å². The maximum Gasteiger partial charge on any atom is 0.320 e. The van der Waals surface area contributed by atoms with Crippen molar-refractivity contribution < 1.29 is 26.7 Å². The zero-order valence-corrected chi connectivity index (χ0v) is 14.5. The van der Waals surface area contributed by atoms with Crippen molar-refractivity contribution in [1.82, 2.24) is 9.97 Å². The second-order valence-electron chi connectivity index (χ2n) is 4.70. The molecule has 25 heavy (non-hydrogen) atoms. The zero-order valence-electron chi connectivity index (χ0n) is 12.9. The average molecular weight is 387 g/mol. The number of aromatic nitrogens is 2. The highest BCUT2D eigenvalue weighted by atomic mass is 32.2. The molecular formula is C14H11F2N3O4S2. The van der Waals surface area contributed by atoms with Crippen molar-refractivity contribution in [3.05, 3.63) is 35.9 Å². The summed E-state index contributed by atoms with van der Waals surface area (Å²) < 4.78 is 64.4. The second kappa shape index (κ2) is 6.41. The third-order valence-corrected chi connectivity index (χ3v) is 6.07. The number of hydrogen-bond acceptors (Lipinski definition) is 7. The largest absolute Gasteiger partial charge is 0.480 e. The van der Waals surface area contributed by atoms with Crippen molar-refractivity contribution in [3.63, 3.8) is 0 Å². The van der Waals surface area contributed by atoms with Crippen molar-refractivity contribution in [2.24, 2.45) is 0 Å². The smallest absolute Gasteiger partial charge is 0.320 e. The number of nitrogens with one attached hydrogen (secondary N) is 1. The van der Waals surface area contributed by atoms with Gasteiger partial charge in [0.05, 0.1) is 19.7 Å². The first-order chi connectivity index (χ1) is 11.9. The maximum absolute atomic E-state index is 13.7. The first-order valence-corrected chi connectivity index (χ1v) is 9.02. The molecule has 0 aliphatic heterocycles. The molecule has 2 heterocycles. The molecule has 0 aliphatic rings. The van der Waals surface area contributed by atoms with Crippen LogP contribution in [0.4, 0.5) is 14.5 Å². The summed E-state index contributed by atoms with van der Waals surface area (Å²) in [7, 11) is -1.52. The Kier molecular flexibility index (Phi) is 4.43. The van der Waals surface area contributed by atoms with Gasteiger partial charge in [0, 0.05) is 0 Å². The summed E-state index contributed by atoms with van der Waals surface area (Å²) in [4.78, 5) is 8.00. The van der Waals surface area contributed by atoms with Crippen LogP contribution in [0.5, 0.6) is 11.9 Å². The van der Waals surface area contributed by atoms with Crippen LogP contribution in [0.3, 0.4) is 0 Å². The van der Waals surface area contributed by atoms with Gasteiger partial charge < -0.3 is 9.47 Å². The van der Waals surface area contributed by atoms with E-state index in [9.17, 15) is 17.2 Å². The van der Waals surface area contributed by atoms with Crippen molar-refractivity contribution in [2.75, 3.05) is 18.9 Å². The van der Waals surface area contributed by atoms with E-state index in [-0.39, 0.29) is 21.6 Å². The van der Waals surface area contributed by atoms with Gasteiger partial charge in [-0.3, -0.25) is 4.72 Å². The molecule has 0 fully saturated rings. The molecule has 0 saturated carbocycles. The summed E-state index contributed by atoms with van der Waals surface area (Å²) in [6, 6.07) is 4.28. The van der Waals surface area contributed by atoms with E-state index in [1.807, 2.05) is 4.72 Å². The maximum atomic E-state index is 13.7. The van der Waals surface area contributed by atoms with E-state index in [1.165, 1.54) is 20.3 Å². The van der Waals surface area contributed by atoms with Crippen molar-refractivity contribution in [2.45, 2.75) is 4.21 Å². The Morgan fingerprint density at radius 1 is 1.12 bits per heavy atom. The van der Waals surface area contributed by atoms with Gasteiger partial charge in [-0.25, -0.2) is 17.2 Å². The van der Waals surface area contributed by atoms with E-state index in [2.05, 4.69) is 9.97 Å². The lowest BCUT2D eigenvalue weighted by Gasteiger charge is -2.07. The molecular weight excluding hydrogens is 376 g/mol. The molecule has 0 spiro atoms. The molecule has 132 valence electrons. The molecule has 0 atom stereocenters. The van der Waals surface area contributed by atoms with Crippen LogP contribution in [0.25, 0.3) is 10.2 Å². The van der Waals surface area contributed by atoms with E-state index in [1.54, 1.807) is 0 Å². The standard InChI is InChI=1S/C14H11F2N3O4S2/c1-22-13-12-9(17-14(18-13)23-2)6-10(24-12)25(20,21)19-11-7(15)4-3-5-8(11)16/h3-6,19H,1-2H3. The highest BCUT2D eigenvalue weighted by Crippen LogP contribution is 2.35. The SMILES string of the molecule is COc1nc(OC)c2sc(S(=O)(=O)Nc3c(F)cccc3F)cc2n1. The number of methoxy groups -OCH3 is 2. The molecule has 0 bridgehead atoms. The molecule has 0 radical (unpaired) electrons. The number of halogens is 2. The Morgan fingerprint density at radius 3 is 2.40 bits per heavy atom. The first kappa shape index (κ1) is 17.3. The first-order valence-electron chi connectivity index (χ1n) is 6.72. The van der Waals surface area contributed by atoms with Crippen LogP contribution in [0.2, 0.25) is 0 Å². The minimum atomic E-state index is -4.24. The minimum absolute atomic E-state index is 0.000736. The average Bonchev–Trinajstić information content (AvgIpc) is 3.02. The molecule has 0 aliphatic carbocycles. The van der Waals surface area contributed by atoms with Crippen LogP contribution in [-0.4, -0.2) is 32.6 Å². The number of benzene rings is 1. The fourth-order valence-electron chi connectivity index (χ4n) is 2.00. The number of fused-ring (bicyclic) bond motifs is 1. The number of hydrogen-bond donors (Lipinski definition) is 1. The number of anilines is 1. The fourth-order valence-corrected chi connectivity index (χ4v) is 4.45. The number of sulfonamides is 1. The van der Waals surface area contributed by atoms with E-state index in [4.69, 9.17) is 9.47 Å². The Morgan fingerprint density at radius 2 is 1.80 bits per heavy atom. The van der Waals surface area contributed by atoms with Gasteiger partial charge in [0.15, 0.2) is 0 Å². The number of thiophene rings is 1. The van der Waals surface area contributed by atoms with Gasteiger partial charge in [-0.15, -0.1) is 11.3 Å². The van der Waals surface area contributed by atoms with E-state index >= 15 is 0 Å². The fraction of sp³-hybridized carbons (Fsp3) is 0.143. The Hall–Kier alpha value is -2.53. The topological polar surface area (TPSA) is 90.4 Å². The van der Waals surface area contributed by atoms with Crippen LogP contribution < -0.4 is 14.2 Å². The Bertz CT molecular complexity index is 1030. The summed E-state index contributed by atoms with van der Waals surface area (Å²) in [5.74, 6) is -1.92. The highest BCUT2D eigenvalue weighted by molar-refractivity contribution is 7.94. The lowest BCUT2D eigenvalue weighted by molar-refractivity contribution is 0.357. The molecule has 7 nitrogen and oxygen atoms in total. The van der Waals surface area contributed by atoms with Crippen molar-refractivity contribution in [1.29, 1.82) is 0 Å². The number of para-hydroxylation sites is 1. The monoisotopic (exact) mass is 387 g/mol. The molecule has 3 rings (SSSR count). The van der Waals surface area contributed by atoms with Crippen LogP contribution in [0.15, 0.2) is 28.5 Å². The van der Waals surface area contributed by atoms with E-state index in [0.29, 0.717) is 4.70 Å². The van der Waals surface area contributed by atoms with Crippen molar-refractivity contribution in [3.8, 4) is 11.9 Å². The number of rotatable bonds is 5. The molecule has 0 unspecified atom stereocenters. The molecule has 3 aromatic rings. The predicted octanol–water partition coefficient (Wildman–Crippen LogP) is 2.79. The number of nitrogens with zero attached hydrogens (tertiary/aromatic N) is 2. The van der Waals surface area contributed by atoms with Gasteiger partial charge in [-0.1, -0.05) is 6.07 Å². The normalized spacial score (nSPS) is 11.5. The predicted molar refractivity (Wildman–Crippen MR) is 87.7 cm³/mol. The second-order valence-corrected chi connectivity index (χ2v) is 7.66. The molecule has 1 N–H and O–H groups in total. The molecule has 2 aromatic heterocycles. The zero-order chi connectivity index (χ0) is 18.2. The summed E-state index contributed by atoms with van der Waals surface area (Å²) in [5.41, 5.74) is -0.487. The van der Waals surface area contributed by atoms with Crippen LogP contribution in [0, 0.1) is 11.6 Å². The van der Waals surface area contributed by atoms with Crippen molar-refractivity contribution >= 4 is 37.3 Å². The minimum Gasteiger partial charge on any atom is -0.480 e. The van der Waals surface area contributed by atoms with Gasteiger partial charge in [0.2, 0.25) is 5.88 Å². The Labute approximate surface area is 145 Å².